The van der Waals surface area contributed by atoms with Crippen LogP contribution in [0.3, 0.4) is 0 Å². The fourth-order valence-corrected chi connectivity index (χ4v) is 4.66. The van der Waals surface area contributed by atoms with Crippen molar-refractivity contribution in [2.24, 2.45) is 0 Å². The molecule has 1 aliphatic rings. The molecule has 1 atom stereocenters. The van der Waals surface area contributed by atoms with Crippen LogP contribution >= 0.6 is 11.8 Å². The van der Waals surface area contributed by atoms with Gasteiger partial charge in [-0.1, -0.05) is 18.6 Å². The predicted octanol–water partition coefficient (Wildman–Crippen LogP) is 1.97. The zero-order chi connectivity index (χ0) is 13.7. The number of hydrogen-bond donors (Lipinski definition) is 2. The minimum absolute atomic E-state index is 0.00454. The Morgan fingerprint density at radius 2 is 2.21 bits per heavy atom. The maximum Gasteiger partial charge on any atom is 0.215 e. The van der Waals surface area contributed by atoms with Crippen LogP contribution in [-0.2, 0) is 15.8 Å². The maximum atomic E-state index is 12.0. The van der Waals surface area contributed by atoms with E-state index in [2.05, 4.69) is 4.72 Å². The van der Waals surface area contributed by atoms with Gasteiger partial charge in [-0.3, -0.25) is 0 Å². The highest BCUT2D eigenvalue weighted by molar-refractivity contribution is 8.00. The molecule has 0 aliphatic carbocycles. The molecule has 1 fully saturated rings. The number of thioether (sulfide) groups is 1. The van der Waals surface area contributed by atoms with Crippen LogP contribution in [0.1, 0.15) is 24.8 Å². The van der Waals surface area contributed by atoms with Crippen LogP contribution in [-0.4, -0.2) is 26.0 Å². The monoisotopic (exact) mass is 300 g/mol. The molecule has 106 valence electrons. The van der Waals surface area contributed by atoms with Gasteiger partial charge in [0.1, 0.15) is 0 Å². The summed E-state index contributed by atoms with van der Waals surface area (Å²) < 4.78 is 26.7. The number of nitrogen functional groups attached to an aromatic ring is 1. The van der Waals surface area contributed by atoms with Crippen molar-refractivity contribution < 1.29 is 8.42 Å². The van der Waals surface area contributed by atoms with E-state index in [0.29, 0.717) is 17.5 Å². The number of benzene rings is 1. The number of anilines is 1. The number of hydrogen-bond acceptors (Lipinski definition) is 4. The van der Waals surface area contributed by atoms with Crippen LogP contribution in [0.2, 0.25) is 0 Å². The summed E-state index contributed by atoms with van der Waals surface area (Å²) in [4.78, 5) is 0. The zero-order valence-electron chi connectivity index (χ0n) is 10.8. The summed E-state index contributed by atoms with van der Waals surface area (Å²) in [5, 5.41) is 0.421. The van der Waals surface area contributed by atoms with Crippen molar-refractivity contribution in [3.8, 4) is 0 Å². The molecule has 1 aromatic carbocycles. The lowest BCUT2D eigenvalue weighted by Crippen LogP contribution is -2.32. The Kier molecular flexibility index (Phi) is 5.13. The first-order valence-electron chi connectivity index (χ1n) is 6.48. The van der Waals surface area contributed by atoms with Crippen molar-refractivity contribution in [2.45, 2.75) is 30.3 Å². The summed E-state index contributed by atoms with van der Waals surface area (Å²) >= 11 is 1.87. The van der Waals surface area contributed by atoms with Gasteiger partial charge in [-0.25, -0.2) is 13.1 Å². The van der Waals surface area contributed by atoms with Gasteiger partial charge < -0.3 is 5.73 Å². The molecule has 0 bridgehead atoms. The minimum Gasteiger partial charge on any atom is -0.399 e. The normalized spacial score (nSPS) is 20.3. The second-order valence-electron chi connectivity index (χ2n) is 4.84. The first-order chi connectivity index (χ1) is 9.05. The van der Waals surface area contributed by atoms with Crippen molar-refractivity contribution in [1.29, 1.82) is 0 Å². The zero-order valence-corrected chi connectivity index (χ0v) is 12.5. The third kappa shape index (κ3) is 5.04. The van der Waals surface area contributed by atoms with Gasteiger partial charge in [-0.05, 0) is 36.3 Å². The minimum atomic E-state index is -3.27. The Morgan fingerprint density at radius 1 is 1.37 bits per heavy atom. The standard InChI is InChI=1S/C13H20N2O2S2/c14-12-5-3-4-11(8-12)10-19(16,17)15-9-13-6-1-2-7-18-13/h3-5,8,13,15H,1-2,6-7,9-10,14H2. The fourth-order valence-electron chi connectivity index (χ4n) is 2.14. The van der Waals surface area contributed by atoms with E-state index in [1.54, 1.807) is 24.3 Å². The average Bonchev–Trinajstić information content (AvgIpc) is 2.37. The molecule has 0 amide bonds. The molecule has 3 N–H and O–H groups in total. The van der Waals surface area contributed by atoms with Crippen molar-refractivity contribution in [1.82, 2.24) is 4.72 Å². The summed E-state index contributed by atoms with van der Waals surface area (Å²) in [6.07, 6.45) is 3.55. The third-order valence-corrected chi connectivity index (χ3v) is 5.83. The summed E-state index contributed by atoms with van der Waals surface area (Å²) in [5.41, 5.74) is 6.97. The second-order valence-corrected chi connectivity index (χ2v) is 8.06. The molecular weight excluding hydrogens is 280 g/mol. The van der Waals surface area contributed by atoms with E-state index in [1.165, 1.54) is 12.8 Å². The van der Waals surface area contributed by atoms with E-state index in [-0.39, 0.29) is 5.75 Å². The molecule has 1 aromatic rings. The quantitative estimate of drug-likeness (QED) is 0.816. The van der Waals surface area contributed by atoms with E-state index < -0.39 is 10.0 Å². The number of nitrogens with two attached hydrogens (primary N) is 1. The van der Waals surface area contributed by atoms with Gasteiger partial charge >= 0.3 is 0 Å². The highest BCUT2D eigenvalue weighted by Crippen LogP contribution is 2.24. The van der Waals surface area contributed by atoms with Crippen LogP contribution < -0.4 is 10.5 Å². The molecule has 1 heterocycles. The molecule has 19 heavy (non-hydrogen) atoms. The van der Waals surface area contributed by atoms with Gasteiger partial charge in [0, 0.05) is 17.5 Å². The largest absolute Gasteiger partial charge is 0.399 e. The van der Waals surface area contributed by atoms with Gasteiger partial charge in [0.15, 0.2) is 0 Å². The van der Waals surface area contributed by atoms with E-state index in [9.17, 15) is 8.42 Å². The molecular formula is C13H20N2O2S2. The first-order valence-corrected chi connectivity index (χ1v) is 9.19. The fraction of sp³-hybridized carbons (Fsp3) is 0.538. The van der Waals surface area contributed by atoms with E-state index in [0.717, 1.165) is 17.7 Å². The number of sulfonamides is 1. The second kappa shape index (κ2) is 6.63. The Labute approximate surface area is 119 Å². The Balaban J connectivity index is 1.87. The van der Waals surface area contributed by atoms with Crippen LogP contribution in [0.4, 0.5) is 5.69 Å². The topological polar surface area (TPSA) is 72.2 Å². The molecule has 0 saturated carbocycles. The maximum absolute atomic E-state index is 12.0. The van der Waals surface area contributed by atoms with Gasteiger partial charge in [-0.15, -0.1) is 0 Å². The highest BCUT2D eigenvalue weighted by Gasteiger charge is 2.18. The summed E-state index contributed by atoms with van der Waals surface area (Å²) in [6.45, 7) is 0.537. The molecule has 2 rings (SSSR count). The lowest BCUT2D eigenvalue weighted by molar-refractivity contribution is 0.573. The van der Waals surface area contributed by atoms with E-state index in [1.807, 2.05) is 11.8 Å². The van der Waals surface area contributed by atoms with Crippen molar-refractivity contribution in [3.05, 3.63) is 29.8 Å². The van der Waals surface area contributed by atoms with Gasteiger partial charge in [0.05, 0.1) is 5.75 Å². The lowest BCUT2D eigenvalue weighted by Gasteiger charge is -2.21. The van der Waals surface area contributed by atoms with E-state index >= 15 is 0 Å². The Hall–Kier alpha value is -0.720. The summed E-state index contributed by atoms with van der Waals surface area (Å²) in [6, 6.07) is 7.01. The Morgan fingerprint density at radius 3 is 2.89 bits per heavy atom. The molecule has 0 spiro atoms. The van der Waals surface area contributed by atoms with Crippen molar-refractivity contribution in [3.63, 3.8) is 0 Å². The van der Waals surface area contributed by atoms with Gasteiger partial charge in [0.2, 0.25) is 10.0 Å². The van der Waals surface area contributed by atoms with Crippen LogP contribution in [0, 0.1) is 0 Å². The highest BCUT2D eigenvalue weighted by atomic mass is 32.2. The smallest absolute Gasteiger partial charge is 0.215 e. The van der Waals surface area contributed by atoms with E-state index in [4.69, 9.17) is 5.73 Å². The third-order valence-electron chi connectivity index (χ3n) is 3.11. The molecule has 0 aromatic heterocycles. The first kappa shape index (κ1) is 14.7. The van der Waals surface area contributed by atoms with Crippen LogP contribution in [0.15, 0.2) is 24.3 Å². The lowest BCUT2D eigenvalue weighted by atomic mass is 10.2. The molecule has 1 aliphatic heterocycles. The molecule has 6 heteroatoms. The Bertz CT molecular complexity index is 511. The van der Waals surface area contributed by atoms with Crippen molar-refractivity contribution in [2.75, 3.05) is 18.0 Å². The molecule has 4 nitrogen and oxygen atoms in total. The summed E-state index contributed by atoms with van der Waals surface area (Å²) in [7, 11) is -3.27. The molecule has 0 radical (unpaired) electrons. The molecule has 1 unspecified atom stereocenters. The van der Waals surface area contributed by atoms with Gasteiger partial charge in [0.25, 0.3) is 0 Å². The average molecular weight is 300 g/mol. The number of rotatable bonds is 5. The van der Waals surface area contributed by atoms with Gasteiger partial charge in [-0.2, -0.15) is 11.8 Å². The number of nitrogens with one attached hydrogen (secondary N) is 1. The summed E-state index contributed by atoms with van der Waals surface area (Å²) in [5.74, 6) is 1.14. The SMILES string of the molecule is Nc1cccc(CS(=O)(=O)NCC2CCCCS2)c1. The van der Waals surface area contributed by atoms with Crippen LogP contribution in [0.25, 0.3) is 0 Å². The van der Waals surface area contributed by atoms with Crippen molar-refractivity contribution >= 4 is 27.5 Å². The van der Waals surface area contributed by atoms with Crippen LogP contribution in [0.5, 0.6) is 0 Å². The predicted molar refractivity (Wildman–Crippen MR) is 81.6 cm³/mol. The molecule has 1 saturated heterocycles.